The summed E-state index contributed by atoms with van der Waals surface area (Å²) in [4.78, 5) is 14.5. The SMILES string of the molecule is CCN(CC)Cc1ccc(NC(=O)c2cccc(Br)c2)cc1. The van der Waals surface area contributed by atoms with Crippen molar-refractivity contribution in [3.63, 3.8) is 0 Å². The molecule has 0 saturated carbocycles. The molecule has 3 nitrogen and oxygen atoms in total. The normalized spacial score (nSPS) is 10.7. The summed E-state index contributed by atoms with van der Waals surface area (Å²) in [5, 5.41) is 2.92. The van der Waals surface area contributed by atoms with Crippen LogP contribution < -0.4 is 5.32 Å². The van der Waals surface area contributed by atoms with E-state index >= 15 is 0 Å². The molecule has 4 heteroatoms. The lowest BCUT2D eigenvalue weighted by Crippen LogP contribution is -2.22. The van der Waals surface area contributed by atoms with Crippen molar-refractivity contribution in [1.82, 2.24) is 4.90 Å². The largest absolute Gasteiger partial charge is 0.322 e. The van der Waals surface area contributed by atoms with Crippen molar-refractivity contribution < 1.29 is 4.79 Å². The summed E-state index contributed by atoms with van der Waals surface area (Å²) in [6.45, 7) is 7.34. The first-order valence-corrected chi connectivity index (χ1v) is 8.30. The third-order valence-corrected chi connectivity index (χ3v) is 4.09. The molecule has 0 heterocycles. The number of rotatable bonds is 6. The highest BCUT2D eigenvalue weighted by molar-refractivity contribution is 9.10. The van der Waals surface area contributed by atoms with E-state index in [0.29, 0.717) is 5.56 Å². The molecule has 2 aromatic carbocycles. The van der Waals surface area contributed by atoms with Gasteiger partial charge < -0.3 is 5.32 Å². The van der Waals surface area contributed by atoms with Crippen LogP contribution in [0.4, 0.5) is 5.69 Å². The molecule has 0 unspecified atom stereocenters. The number of halogens is 1. The van der Waals surface area contributed by atoms with Crippen LogP contribution in [-0.2, 0) is 6.54 Å². The third-order valence-electron chi connectivity index (χ3n) is 3.60. The summed E-state index contributed by atoms with van der Waals surface area (Å²) in [5.74, 6) is -0.0993. The Morgan fingerprint density at radius 1 is 1.09 bits per heavy atom. The second kappa shape index (κ2) is 8.11. The fourth-order valence-corrected chi connectivity index (χ4v) is 2.63. The van der Waals surface area contributed by atoms with Crippen LogP contribution in [0.2, 0.25) is 0 Å². The molecule has 116 valence electrons. The zero-order valence-corrected chi connectivity index (χ0v) is 14.6. The lowest BCUT2D eigenvalue weighted by atomic mass is 10.1. The Labute approximate surface area is 140 Å². The van der Waals surface area contributed by atoms with E-state index in [4.69, 9.17) is 0 Å². The summed E-state index contributed by atoms with van der Waals surface area (Å²) in [7, 11) is 0. The van der Waals surface area contributed by atoms with Gasteiger partial charge in [-0.15, -0.1) is 0 Å². The van der Waals surface area contributed by atoms with Crippen molar-refractivity contribution >= 4 is 27.5 Å². The van der Waals surface area contributed by atoms with E-state index < -0.39 is 0 Å². The van der Waals surface area contributed by atoms with Crippen LogP contribution in [0.5, 0.6) is 0 Å². The minimum atomic E-state index is -0.0993. The Morgan fingerprint density at radius 3 is 2.36 bits per heavy atom. The molecule has 0 atom stereocenters. The van der Waals surface area contributed by atoms with Crippen LogP contribution in [0.1, 0.15) is 29.8 Å². The van der Waals surface area contributed by atoms with Crippen LogP contribution in [0, 0.1) is 0 Å². The number of anilines is 1. The number of carbonyl (C=O) groups excluding carboxylic acids is 1. The highest BCUT2D eigenvalue weighted by atomic mass is 79.9. The molecule has 0 bridgehead atoms. The summed E-state index contributed by atoms with van der Waals surface area (Å²) < 4.78 is 0.898. The summed E-state index contributed by atoms with van der Waals surface area (Å²) in [5.41, 5.74) is 2.71. The van der Waals surface area contributed by atoms with Gasteiger partial charge in [0.05, 0.1) is 0 Å². The summed E-state index contributed by atoms with van der Waals surface area (Å²) in [6.07, 6.45) is 0. The Morgan fingerprint density at radius 2 is 1.77 bits per heavy atom. The molecular formula is C18H21BrN2O. The maximum atomic E-state index is 12.2. The molecule has 0 saturated heterocycles. The molecule has 1 amide bonds. The molecule has 0 aliphatic carbocycles. The third kappa shape index (κ3) is 4.68. The monoisotopic (exact) mass is 360 g/mol. The zero-order valence-electron chi connectivity index (χ0n) is 13.0. The molecule has 1 N–H and O–H groups in total. The fourth-order valence-electron chi connectivity index (χ4n) is 2.23. The van der Waals surface area contributed by atoms with E-state index in [0.717, 1.165) is 29.8 Å². The second-order valence-corrected chi connectivity index (χ2v) is 6.04. The van der Waals surface area contributed by atoms with Gasteiger partial charge in [0, 0.05) is 22.3 Å². The van der Waals surface area contributed by atoms with Gasteiger partial charge in [0.25, 0.3) is 5.91 Å². The highest BCUT2D eigenvalue weighted by Gasteiger charge is 2.07. The second-order valence-electron chi connectivity index (χ2n) is 5.12. The number of carbonyl (C=O) groups is 1. The van der Waals surface area contributed by atoms with Gasteiger partial charge in [0.15, 0.2) is 0 Å². The number of benzene rings is 2. The predicted molar refractivity (Wildman–Crippen MR) is 95.2 cm³/mol. The molecule has 22 heavy (non-hydrogen) atoms. The molecule has 0 aliphatic heterocycles. The van der Waals surface area contributed by atoms with E-state index in [1.54, 1.807) is 6.07 Å². The molecule has 0 radical (unpaired) electrons. The minimum Gasteiger partial charge on any atom is -0.322 e. The minimum absolute atomic E-state index is 0.0993. The molecule has 0 spiro atoms. The van der Waals surface area contributed by atoms with E-state index in [1.165, 1.54) is 5.56 Å². The number of hydrogen-bond acceptors (Lipinski definition) is 2. The van der Waals surface area contributed by atoms with Gasteiger partial charge in [0.1, 0.15) is 0 Å². The lowest BCUT2D eigenvalue weighted by molar-refractivity contribution is 0.102. The first-order valence-electron chi connectivity index (χ1n) is 7.50. The standard InChI is InChI=1S/C18H21BrN2O/c1-3-21(4-2)13-14-8-10-17(11-9-14)20-18(22)15-6-5-7-16(19)12-15/h5-12H,3-4,13H2,1-2H3,(H,20,22). The van der Waals surface area contributed by atoms with Crippen molar-refractivity contribution in [3.8, 4) is 0 Å². The average molecular weight is 361 g/mol. The van der Waals surface area contributed by atoms with Crippen LogP contribution in [0.3, 0.4) is 0 Å². The Kier molecular flexibility index (Phi) is 6.16. The first kappa shape index (κ1) is 16.7. The molecule has 2 aromatic rings. The van der Waals surface area contributed by atoms with Crippen molar-refractivity contribution in [1.29, 1.82) is 0 Å². The van der Waals surface area contributed by atoms with Crippen molar-refractivity contribution in [2.75, 3.05) is 18.4 Å². The summed E-state index contributed by atoms with van der Waals surface area (Å²) >= 11 is 3.38. The van der Waals surface area contributed by atoms with Crippen molar-refractivity contribution in [2.24, 2.45) is 0 Å². The molecule has 0 fully saturated rings. The first-order chi connectivity index (χ1) is 10.6. The number of amides is 1. The average Bonchev–Trinajstić information content (AvgIpc) is 2.54. The number of hydrogen-bond donors (Lipinski definition) is 1. The zero-order chi connectivity index (χ0) is 15.9. The van der Waals surface area contributed by atoms with E-state index in [2.05, 4.69) is 52.1 Å². The highest BCUT2D eigenvalue weighted by Crippen LogP contribution is 2.15. The molecular weight excluding hydrogens is 340 g/mol. The topological polar surface area (TPSA) is 32.3 Å². The van der Waals surface area contributed by atoms with E-state index in [1.807, 2.05) is 30.3 Å². The van der Waals surface area contributed by atoms with Gasteiger partial charge in [0.2, 0.25) is 0 Å². The van der Waals surface area contributed by atoms with E-state index in [-0.39, 0.29) is 5.91 Å². The molecule has 0 aliphatic rings. The smallest absolute Gasteiger partial charge is 0.255 e. The Bertz CT molecular complexity index is 621. The molecule has 0 aromatic heterocycles. The van der Waals surface area contributed by atoms with Gasteiger partial charge >= 0.3 is 0 Å². The quantitative estimate of drug-likeness (QED) is 0.819. The van der Waals surface area contributed by atoms with Gasteiger partial charge in [-0.1, -0.05) is 48.0 Å². The number of nitrogens with zero attached hydrogens (tertiary/aromatic N) is 1. The van der Waals surface area contributed by atoms with Gasteiger partial charge in [-0.25, -0.2) is 0 Å². The van der Waals surface area contributed by atoms with Crippen LogP contribution in [0.15, 0.2) is 53.0 Å². The lowest BCUT2D eigenvalue weighted by Gasteiger charge is -2.18. The van der Waals surface area contributed by atoms with E-state index in [9.17, 15) is 4.79 Å². The van der Waals surface area contributed by atoms with Crippen LogP contribution in [0.25, 0.3) is 0 Å². The Balaban J connectivity index is 2.00. The summed E-state index contributed by atoms with van der Waals surface area (Å²) in [6, 6.07) is 15.4. The predicted octanol–water partition coefficient (Wildman–Crippen LogP) is 4.54. The van der Waals surface area contributed by atoms with Gasteiger partial charge in [-0.05, 0) is 49.0 Å². The maximum absolute atomic E-state index is 12.2. The molecule has 2 rings (SSSR count). The van der Waals surface area contributed by atoms with Crippen LogP contribution >= 0.6 is 15.9 Å². The Hall–Kier alpha value is -1.65. The van der Waals surface area contributed by atoms with Crippen LogP contribution in [-0.4, -0.2) is 23.9 Å². The fraction of sp³-hybridized carbons (Fsp3) is 0.278. The van der Waals surface area contributed by atoms with Crippen molar-refractivity contribution in [3.05, 3.63) is 64.1 Å². The number of nitrogens with one attached hydrogen (secondary N) is 1. The van der Waals surface area contributed by atoms with Gasteiger partial charge in [-0.3, -0.25) is 9.69 Å². The van der Waals surface area contributed by atoms with Gasteiger partial charge in [-0.2, -0.15) is 0 Å². The maximum Gasteiger partial charge on any atom is 0.255 e. The van der Waals surface area contributed by atoms with Crippen molar-refractivity contribution in [2.45, 2.75) is 20.4 Å².